The molecule has 2 aromatic heterocycles. The zero-order valence-electron chi connectivity index (χ0n) is 13.5. The van der Waals surface area contributed by atoms with Crippen LogP contribution in [-0.4, -0.2) is 23.1 Å². The first-order chi connectivity index (χ1) is 11.7. The lowest BCUT2D eigenvalue weighted by atomic mass is 10.1. The third kappa shape index (κ3) is 5.09. The summed E-state index contributed by atoms with van der Waals surface area (Å²) in [6.07, 6.45) is 12.5. The number of hydrogen-bond acceptors (Lipinski definition) is 4. The number of nitrogens with one attached hydrogen (secondary N) is 2. The quantitative estimate of drug-likeness (QED) is 0.700. The summed E-state index contributed by atoms with van der Waals surface area (Å²) < 4.78 is 2.13. The smallest absolute Gasteiger partial charge is 0.0410 e. The molecule has 2 fully saturated rings. The van der Waals surface area contributed by atoms with Gasteiger partial charge in [-0.2, -0.15) is 0 Å². The second-order valence-corrected chi connectivity index (χ2v) is 8.00. The minimum absolute atomic E-state index is 0.523. The molecule has 0 amide bonds. The highest BCUT2D eigenvalue weighted by Crippen LogP contribution is 2.24. The first-order valence-electron chi connectivity index (χ1n) is 8.40. The van der Waals surface area contributed by atoms with E-state index in [2.05, 4.69) is 64.6 Å². The molecule has 4 heterocycles. The average molecular weight is 454 g/mol. The molecular weight excluding hydrogens is 432 g/mol. The Labute approximate surface area is 160 Å². The molecule has 0 aliphatic carbocycles. The van der Waals surface area contributed by atoms with E-state index in [1.54, 1.807) is 0 Å². The fourth-order valence-electron chi connectivity index (χ4n) is 3.18. The minimum Gasteiger partial charge on any atom is -0.310 e. The van der Waals surface area contributed by atoms with Crippen LogP contribution in [0.2, 0.25) is 0 Å². The molecule has 0 spiro atoms. The van der Waals surface area contributed by atoms with E-state index in [1.807, 2.05) is 24.8 Å². The van der Waals surface area contributed by atoms with Gasteiger partial charge in [0.1, 0.15) is 0 Å². The fraction of sp³-hybridized carbons (Fsp3) is 0.444. The standard InChI is InChI=1S/2C9H11BrN2/c2*10-8-4-7(5-11-6-8)9-2-1-3-12-9/h2*4-6,9,12H,1-3H2/t2*9-/m00/s1. The van der Waals surface area contributed by atoms with Crippen LogP contribution in [0.4, 0.5) is 0 Å². The van der Waals surface area contributed by atoms with Crippen LogP contribution in [0.5, 0.6) is 0 Å². The Morgan fingerprint density at radius 2 is 1.21 bits per heavy atom. The first kappa shape index (κ1) is 18.0. The summed E-state index contributed by atoms with van der Waals surface area (Å²) in [5.74, 6) is 0. The van der Waals surface area contributed by atoms with E-state index in [0.717, 1.165) is 22.0 Å². The molecule has 0 radical (unpaired) electrons. The molecule has 4 nitrogen and oxygen atoms in total. The van der Waals surface area contributed by atoms with Gasteiger partial charge in [0, 0.05) is 45.8 Å². The van der Waals surface area contributed by atoms with Crippen LogP contribution in [0.3, 0.4) is 0 Å². The lowest BCUT2D eigenvalue weighted by Gasteiger charge is -2.09. The van der Waals surface area contributed by atoms with E-state index in [0.29, 0.717) is 12.1 Å². The molecular formula is C18H22Br2N4. The first-order valence-corrected chi connectivity index (χ1v) is 9.98. The molecule has 0 bridgehead atoms. The maximum absolute atomic E-state index is 4.14. The highest BCUT2D eigenvalue weighted by Gasteiger charge is 2.16. The Balaban J connectivity index is 0.000000141. The monoisotopic (exact) mass is 452 g/mol. The van der Waals surface area contributed by atoms with Crippen molar-refractivity contribution in [1.82, 2.24) is 20.6 Å². The number of nitrogens with zero attached hydrogens (tertiary/aromatic N) is 2. The SMILES string of the molecule is Brc1cncc([C@@H]2CCCN2)c1.Brc1cncc([C@@H]2CCCN2)c1. The van der Waals surface area contributed by atoms with Crippen LogP contribution < -0.4 is 10.6 Å². The van der Waals surface area contributed by atoms with Gasteiger partial charge in [0.05, 0.1) is 0 Å². The van der Waals surface area contributed by atoms with Gasteiger partial charge in [-0.05, 0) is 93.9 Å². The predicted octanol–water partition coefficient (Wildman–Crippen LogP) is 4.54. The molecule has 2 atom stereocenters. The minimum atomic E-state index is 0.523. The molecule has 24 heavy (non-hydrogen) atoms. The second-order valence-electron chi connectivity index (χ2n) is 6.17. The number of aromatic nitrogens is 2. The van der Waals surface area contributed by atoms with Gasteiger partial charge < -0.3 is 10.6 Å². The summed E-state index contributed by atoms with van der Waals surface area (Å²) in [5, 5.41) is 6.88. The summed E-state index contributed by atoms with van der Waals surface area (Å²) in [7, 11) is 0. The van der Waals surface area contributed by atoms with Crippen molar-refractivity contribution in [3.8, 4) is 0 Å². The van der Waals surface area contributed by atoms with Crippen molar-refractivity contribution in [2.45, 2.75) is 37.8 Å². The van der Waals surface area contributed by atoms with Gasteiger partial charge in [0.25, 0.3) is 0 Å². The Kier molecular flexibility index (Phi) is 6.77. The summed E-state index contributed by atoms with van der Waals surface area (Å²) in [5.41, 5.74) is 2.59. The summed E-state index contributed by atoms with van der Waals surface area (Å²) in [6.45, 7) is 2.27. The molecule has 2 saturated heterocycles. The molecule has 6 heteroatoms. The molecule has 2 aliphatic rings. The molecule has 2 aromatic rings. The van der Waals surface area contributed by atoms with Crippen LogP contribution in [0.15, 0.2) is 45.9 Å². The summed E-state index contributed by atoms with van der Waals surface area (Å²) >= 11 is 6.84. The molecule has 2 N–H and O–H groups in total. The van der Waals surface area contributed by atoms with Crippen molar-refractivity contribution in [3.63, 3.8) is 0 Å². The van der Waals surface area contributed by atoms with E-state index in [4.69, 9.17) is 0 Å². The maximum Gasteiger partial charge on any atom is 0.0410 e. The van der Waals surface area contributed by atoms with Gasteiger partial charge in [0.15, 0.2) is 0 Å². The molecule has 0 aromatic carbocycles. The zero-order valence-corrected chi connectivity index (χ0v) is 16.7. The molecule has 128 valence electrons. The van der Waals surface area contributed by atoms with Gasteiger partial charge in [-0.1, -0.05) is 0 Å². The van der Waals surface area contributed by atoms with Crippen molar-refractivity contribution in [1.29, 1.82) is 0 Å². The largest absolute Gasteiger partial charge is 0.310 e. The summed E-state index contributed by atoms with van der Waals surface area (Å²) in [4.78, 5) is 8.28. The number of pyridine rings is 2. The van der Waals surface area contributed by atoms with Gasteiger partial charge >= 0.3 is 0 Å². The normalized spacial score (nSPS) is 22.9. The third-order valence-electron chi connectivity index (χ3n) is 4.38. The second kappa shape index (κ2) is 9.04. The van der Waals surface area contributed by atoms with Crippen LogP contribution in [0.25, 0.3) is 0 Å². The predicted molar refractivity (Wildman–Crippen MR) is 104 cm³/mol. The van der Waals surface area contributed by atoms with Crippen molar-refractivity contribution >= 4 is 31.9 Å². The highest BCUT2D eigenvalue weighted by atomic mass is 79.9. The topological polar surface area (TPSA) is 49.8 Å². The van der Waals surface area contributed by atoms with E-state index < -0.39 is 0 Å². The average Bonchev–Trinajstić information content (AvgIpc) is 3.29. The van der Waals surface area contributed by atoms with Crippen LogP contribution in [0.1, 0.15) is 48.9 Å². The molecule has 2 aliphatic heterocycles. The van der Waals surface area contributed by atoms with Crippen molar-refractivity contribution in [3.05, 3.63) is 57.0 Å². The Morgan fingerprint density at radius 3 is 1.54 bits per heavy atom. The molecule has 0 unspecified atom stereocenters. The van der Waals surface area contributed by atoms with Crippen LogP contribution >= 0.6 is 31.9 Å². The van der Waals surface area contributed by atoms with E-state index in [-0.39, 0.29) is 0 Å². The van der Waals surface area contributed by atoms with Gasteiger partial charge in [-0.15, -0.1) is 0 Å². The Morgan fingerprint density at radius 1 is 0.750 bits per heavy atom. The summed E-state index contributed by atoms with van der Waals surface area (Å²) in [6, 6.07) is 5.32. The van der Waals surface area contributed by atoms with Gasteiger partial charge in [0.2, 0.25) is 0 Å². The fourth-order valence-corrected chi connectivity index (χ4v) is 3.94. The third-order valence-corrected chi connectivity index (χ3v) is 5.24. The van der Waals surface area contributed by atoms with Crippen molar-refractivity contribution < 1.29 is 0 Å². The number of hydrogen-bond donors (Lipinski definition) is 2. The van der Waals surface area contributed by atoms with Gasteiger partial charge in [-0.3, -0.25) is 9.97 Å². The van der Waals surface area contributed by atoms with Gasteiger partial charge in [-0.25, -0.2) is 0 Å². The Hall–Kier alpha value is -0.820. The number of rotatable bonds is 2. The van der Waals surface area contributed by atoms with Crippen LogP contribution in [-0.2, 0) is 0 Å². The van der Waals surface area contributed by atoms with Crippen LogP contribution in [0, 0.1) is 0 Å². The lowest BCUT2D eigenvalue weighted by Crippen LogP contribution is -2.12. The maximum atomic E-state index is 4.14. The van der Waals surface area contributed by atoms with Crippen molar-refractivity contribution in [2.24, 2.45) is 0 Å². The molecule has 0 saturated carbocycles. The Bertz CT molecular complexity index is 595. The lowest BCUT2D eigenvalue weighted by molar-refractivity contribution is 0.644. The zero-order chi connectivity index (χ0) is 16.8. The highest BCUT2D eigenvalue weighted by molar-refractivity contribution is 9.10. The van der Waals surface area contributed by atoms with E-state index >= 15 is 0 Å². The molecule has 4 rings (SSSR count). The van der Waals surface area contributed by atoms with Crippen molar-refractivity contribution in [2.75, 3.05) is 13.1 Å². The van der Waals surface area contributed by atoms with E-state index in [1.165, 1.54) is 36.8 Å². The van der Waals surface area contributed by atoms with E-state index in [9.17, 15) is 0 Å². The number of halogens is 2.